The molecule has 0 aliphatic rings. The van der Waals surface area contributed by atoms with Crippen LogP contribution >= 0.6 is 0 Å². The zero-order chi connectivity index (χ0) is 11.4. The first-order valence-electron chi connectivity index (χ1n) is 4.79. The molecule has 3 nitrogen and oxygen atoms in total. The van der Waals surface area contributed by atoms with Crippen LogP contribution in [0.2, 0.25) is 0 Å². The van der Waals surface area contributed by atoms with Crippen LogP contribution in [-0.2, 0) is 4.79 Å². The molecular weight excluding hydrogens is 195 g/mol. The van der Waals surface area contributed by atoms with Crippen molar-refractivity contribution in [2.45, 2.75) is 19.9 Å². The van der Waals surface area contributed by atoms with Crippen LogP contribution in [0.1, 0.15) is 12.5 Å². The Bertz CT molecular complexity index is 366. The average molecular weight is 210 g/mol. The molecule has 0 saturated carbocycles. The largest absolute Gasteiger partial charge is 0.372 e. The molecule has 1 atom stereocenters. The third-order valence-corrected chi connectivity index (χ3v) is 2.14. The normalized spacial score (nSPS) is 12.0. The molecule has 1 unspecified atom stereocenters. The van der Waals surface area contributed by atoms with E-state index >= 15 is 0 Å². The van der Waals surface area contributed by atoms with Crippen LogP contribution in [0, 0.1) is 12.7 Å². The molecular formula is C11H15FN2O. The number of nitrogens with one attached hydrogen (secondary N) is 2. The van der Waals surface area contributed by atoms with Gasteiger partial charge in [-0.25, -0.2) is 4.39 Å². The fourth-order valence-corrected chi connectivity index (χ4v) is 1.25. The Labute approximate surface area is 88.7 Å². The summed E-state index contributed by atoms with van der Waals surface area (Å²) in [7, 11) is 1.55. The summed E-state index contributed by atoms with van der Waals surface area (Å²) in [4.78, 5) is 11.2. The SMILES string of the molecule is CNC(=O)C(C)Nc1ccc(C)cc1F. The van der Waals surface area contributed by atoms with Gasteiger partial charge < -0.3 is 10.6 Å². The lowest BCUT2D eigenvalue weighted by Gasteiger charge is -2.14. The minimum Gasteiger partial charge on any atom is -0.372 e. The van der Waals surface area contributed by atoms with Gasteiger partial charge in [-0.2, -0.15) is 0 Å². The van der Waals surface area contributed by atoms with E-state index in [2.05, 4.69) is 10.6 Å². The molecule has 0 aliphatic heterocycles. The van der Waals surface area contributed by atoms with Gasteiger partial charge in [-0.3, -0.25) is 4.79 Å². The number of anilines is 1. The maximum Gasteiger partial charge on any atom is 0.241 e. The van der Waals surface area contributed by atoms with E-state index in [0.29, 0.717) is 5.69 Å². The molecule has 0 radical (unpaired) electrons. The van der Waals surface area contributed by atoms with Crippen molar-refractivity contribution in [2.24, 2.45) is 0 Å². The number of halogens is 1. The van der Waals surface area contributed by atoms with Crippen molar-refractivity contribution >= 4 is 11.6 Å². The van der Waals surface area contributed by atoms with Crippen molar-refractivity contribution in [2.75, 3.05) is 12.4 Å². The lowest BCUT2D eigenvalue weighted by molar-refractivity contribution is -0.121. The molecule has 1 aromatic rings. The van der Waals surface area contributed by atoms with Crippen LogP contribution in [0.3, 0.4) is 0 Å². The quantitative estimate of drug-likeness (QED) is 0.797. The van der Waals surface area contributed by atoms with Gasteiger partial charge in [-0.05, 0) is 31.5 Å². The third-order valence-electron chi connectivity index (χ3n) is 2.14. The van der Waals surface area contributed by atoms with E-state index in [1.54, 1.807) is 26.1 Å². The van der Waals surface area contributed by atoms with Crippen LogP contribution in [0.4, 0.5) is 10.1 Å². The summed E-state index contributed by atoms with van der Waals surface area (Å²) in [5, 5.41) is 5.29. The molecule has 1 amide bonds. The number of rotatable bonds is 3. The van der Waals surface area contributed by atoms with E-state index in [9.17, 15) is 9.18 Å². The van der Waals surface area contributed by atoms with Gasteiger partial charge in [0.1, 0.15) is 11.9 Å². The summed E-state index contributed by atoms with van der Waals surface area (Å²) < 4.78 is 13.4. The Hall–Kier alpha value is -1.58. The standard InChI is InChI=1S/C11H15FN2O/c1-7-4-5-10(9(12)6-7)14-8(2)11(15)13-3/h4-6,8,14H,1-3H3,(H,13,15). The highest BCUT2D eigenvalue weighted by atomic mass is 19.1. The van der Waals surface area contributed by atoms with Gasteiger partial charge in [0.2, 0.25) is 5.91 Å². The second-order valence-corrected chi connectivity index (χ2v) is 3.46. The molecule has 0 saturated heterocycles. The zero-order valence-electron chi connectivity index (χ0n) is 9.10. The lowest BCUT2D eigenvalue weighted by atomic mass is 10.2. The predicted octanol–water partition coefficient (Wildman–Crippen LogP) is 1.68. The van der Waals surface area contributed by atoms with Gasteiger partial charge in [0.05, 0.1) is 5.69 Å². The molecule has 1 aromatic carbocycles. The number of hydrogen-bond donors (Lipinski definition) is 2. The minimum absolute atomic E-state index is 0.171. The topological polar surface area (TPSA) is 41.1 Å². The Balaban J connectivity index is 2.76. The highest BCUT2D eigenvalue weighted by Gasteiger charge is 2.12. The van der Waals surface area contributed by atoms with E-state index in [4.69, 9.17) is 0 Å². The van der Waals surface area contributed by atoms with Crippen molar-refractivity contribution in [3.8, 4) is 0 Å². The summed E-state index contributed by atoms with van der Waals surface area (Å²) in [5.41, 5.74) is 1.20. The second kappa shape index (κ2) is 4.77. The Morgan fingerprint density at radius 1 is 1.47 bits per heavy atom. The van der Waals surface area contributed by atoms with Crippen molar-refractivity contribution in [3.63, 3.8) is 0 Å². The van der Waals surface area contributed by atoms with E-state index in [1.165, 1.54) is 6.07 Å². The van der Waals surface area contributed by atoms with Crippen molar-refractivity contribution < 1.29 is 9.18 Å². The molecule has 15 heavy (non-hydrogen) atoms. The van der Waals surface area contributed by atoms with Crippen LogP contribution in [0.15, 0.2) is 18.2 Å². The summed E-state index contributed by atoms with van der Waals surface area (Å²) >= 11 is 0. The molecule has 0 fully saturated rings. The van der Waals surface area contributed by atoms with Crippen LogP contribution in [0.5, 0.6) is 0 Å². The van der Waals surface area contributed by atoms with Gasteiger partial charge >= 0.3 is 0 Å². The smallest absolute Gasteiger partial charge is 0.241 e. The highest BCUT2D eigenvalue weighted by molar-refractivity contribution is 5.83. The monoisotopic (exact) mass is 210 g/mol. The van der Waals surface area contributed by atoms with Gasteiger partial charge in [0.15, 0.2) is 0 Å². The fourth-order valence-electron chi connectivity index (χ4n) is 1.25. The number of amides is 1. The molecule has 0 aliphatic carbocycles. The molecule has 1 rings (SSSR count). The number of likely N-dealkylation sites (N-methyl/N-ethyl adjacent to an activating group) is 1. The van der Waals surface area contributed by atoms with Crippen molar-refractivity contribution in [1.29, 1.82) is 0 Å². The maximum atomic E-state index is 13.4. The molecule has 2 N–H and O–H groups in total. The molecule has 0 heterocycles. The maximum absolute atomic E-state index is 13.4. The van der Waals surface area contributed by atoms with Crippen LogP contribution in [-0.4, -0.2) is 19.0 Å². The first-order chi connectivity index (χ1) is 7.04. The number of benzene rings is 1. The first kappa shape index (κ1) is 11.5. The van der Waals surface area contributed by atoms with E-state index in [0.717, 1.165) is 5.56 Å². The van der Waals surface area contributed by atoms with E-state index in [1.807, 2.05) is 6.92 Å². The second-order valence-electron chi connectivity index (χ2n) is 3.46. The highest BCUT2D eigenvalue weighted by Crippen LogP contribution is 2.16. The minimum atomic E-state index is -0.452. The summed E-state index contributed by atoms with van der Waals surface area (Å²) in [6, 6.07) is 4.40. The van der Waals surface area contributed by atoms with Crippen LogP contribution < -0.4 is 10.6 Å². The lowest BCUT2D eigenvalue weighted by Crippen LogP contribution is -2.35. The van der Waals surface area contributed by atoms with Gasteiger partial charge in [-0.1, -0.05) is 6.07 Å². The fraction of sp³-hybridized carbons (Fsp3) is 0.364. The van der Waals surface area contributed by atoms with Crippen molar-refractivity contribution in [3.05, 3.63) is 29.6 Å². The van der Waals surface area contributed by atoms with Gasteiger partial charge in [-0.15, -0.1) is 0 Å². The number of hydrogen-bond acceptors (Lipinski definition) is 2. The molecule has 4 heteroatoms. The number of aryl methyl sites for hydroxylation is 1. The van der Waals surface area contributed by atoms with Gasteiger partial charge in [0, 0.05) is 7.05 Å². The van der Waals surface area contributed by atoms with E-state index < -0.39 is 6.04 Å². The summed E-state index contributed by atoms with van der Waals surface area (Å²) in [5.74, 6) is -0.513. The average Bonchev–Trinajstić information content (AvgIpc) is 2.20. The first-order valence-corrected chi connectivity index (χ1v) is 4.79. The Kier molecular flexibility index (Phi) is 3.66. The van der Waals surface area contributed by atoms with Crippen LogP contribution in [0.25, 0.3) is 0 Å². The number of carbonyl (C=O) groups is 1. The van der Waals surface area contributed by atoms with Gasteiger partial charge in [0.25, 0.3) is 0 Å². The molecule has 0 aromatic heterocycles. The Morgan fingerprint density at radius 2 is 2.13 bits per heavy atom. The summed E-state index contributed by atoms with van der Waals surface area (Å²) in [6.45, 7) is 3.49. The van der Waals surface area contributed by atoms with Crippen molar-refractivity contribution in [1.82, 2.24) is 5.32 Å². The molecule has 0 bridgehead atoms. The summed E-state index contributed by atoms with van der Waals surface area (Å²) in [6.07, 6.45) is 0. The molecule has 0 spiro atoms. The third kappa shape index (κ3) is 2.94. The molecule has 82 valence electrons. The Morgan fingerprint density at radius 3 is 2.67 bits per heavy atom. The predicted molar refractivity (Wildman–Crippen MR) is 58.3 cm³/mol. The van der Waals surface area contributed by atoms with E-state index in [-0.39, 0.29) is 11.7 Å². The zero-order valence-corrected chi connectivity index (χ0v) is 9.10. The number of carbonyl (C=O) groups excluding carboxylic acids is 1.